The van der Waals surface area contributed by atoms with Crippen molar-refractivity contribution in [1.29, 1.82) is 0 Å². The maximum Gasteiger partial charge on any atom is 0.0314 e. The first kappa shape index (κ1) is 30.9. The maximum atomic E-state index is 5.89. The van der Waals surface area contributed by atoms with E-state index in [1.54, 1.807) is 0 Å². The van der Waals surface area contributed by atoms with Crippen molar-refractivity contribution in [2.45, 2.75) is 51.9 Å². The van der Waals surface area contributed by atoms with Gasteiger partial charge in [-0.25, -0.2) is 0 Å². The zero-order valence-electron chi connectivity index (χ0n) is 26.9. The average molecular weight is 601 g/mol. The van der Waals surface area contributed by atoms with Gasteiger partial charge in [0.25, 0.3) is 0 Å². The fourth-order valence-corrected chi connectivity index (χ4v) is 6.22. The van der Waals surface area contributed by atoms with E-state index in [0.717, 1.165) is 56.3 Å². The molecule has 0 aliphatic rings. The van der Waals surface area contributed by atoms with Crippen LogP contribution in [0.5, 0.6) is 0 Å². The van der Waals surface area contributed by atoms with Crippen LogP contribution in [0.25, 0.3) is 0 Å². The minimum atomic E-state index is 0.809. The molecule has 6 aromatic rings. The Bertz CT molecular complexity index is 1830. The average Bonchev–Trinajstić information content (AvgIpc) is 3.07. The van der Waals surface area contributed by atoms with Crippen LogP contribution in [0.1, 0.15) is 74.5 Å². The molecule has 0 saturated carbocycles. The molecule has 230 valence electrons. The molecule has 4 N–H and O–H groups in total. The smallest absolute Gasteiger partial charge is 0.0314 e. The van der Waals surface area contributed by atoms with Crippen LogP contribution in [-0.2, 0) is 38.5 Å². The predicted molar refractivity (Wildman–Crippen MR) is 196 cm³/mol. The van der Waals surface area contributed by atoms with Gasteiger partial charge in [0, 0.05) is 11.4 Å². The van der Waals surface area contributed by atoms with E-state index < -0.39 is 0 Å². The predicted octanol–water partition coefficient (Wildman–Crippen LogP) is 9.76. The Hall–Kier alpha value is -5.08. The summed E-state index contributed by atoms with van der Waals surface area (Å²) in [5.41, 5.74) is 28.2. The summed E-state index contributed by atoms with van der Waals surface area (Å²) in [5, 5.41) is 0. The molecule has 46 heavy (non-hydrogen) atoms. The van der Waals surface area contributed by atoms with Gasteiger partial charge in [-0.1, -0.05) is 129 Å². The van der Waals surface area contributed by atoms with Crippen molar-refractivity contribution in [3.8, 4) is 0 Å². The first-order valence-electron chi connectivity index (χ1n) is 16.5. The standard InChI is InChI=1S/C44H44N2/c1-2-3-41-31-40(16-21-42(41)30-39-19-24-44(46)25-20-39)29-37-14-12-35(13-15-37)27-33-6-4-32(5-7-33)26-34-8-10-36(11-9-34)28-38-17-22-43(45)23-18-38/h4-25,31H,2-3,26-30,45-46H2,1H3. The first-order chi connectivity index (χ1) is 22.5. The first-order valence-corrected chi connectivity index (χ1v) is 16.5. The molecule has 0 atom stereocenters. The molecule has 0 bridgehead atoms. The number of nitrogen functional groups attached to an aromatic ring is 2. The van der Waals surface area contributed by atoms with E-state index >= 15 is 0 Å². The fraction of sp³-hybridized carbons (Fsp3) is 0.182. The third kappa shape index (κ3) is 8.55. The van der Waals surface area contributed by atoms with Crippen molar-refractivity contribution >= 4 is 11.4 Å². The van der Waals surface area contributed by atoms with Gasteiger partial charge in [-0.3, -0.25) is 0 Å². The van der Waals surface area contributed by atoms with Crippen LogP contribution < -0.4 is 11.5 Å². The third-order valence-corrected chi connectivity index (χ3v) is 8.85. The summed E-state index contributed by atoms with van der Waals surface area (Å²) < 4.78 is 0. The number of hydrogen-bond acceptors (Lipinski definition) is 2. The highest BCUT2D eigenvalue weighted by molar-refractivity contribution is 5.44. The van der Waals surface area contributed by atoms with Crippen LogP contribution in [0.2, 0.25) is 0 Å². The summed E-state index contributed by atoms with van der Waals surface area (Å²) in [6.45, 7) is 2.26. The summed E-state index contributed by atoms with van der Waals surface area (Å²) in [5.74, 6) is 0. The van der Waals surface area contributed by atoms with Crippen molar-refractivity contribution < 1.29 is 0 Å². The lowest BCUT2D eigenvalue weighted by atomic mass is 9.93. The highest BCUT2D eigenvalue weighted by atomic mass is 14.5. The SMILES string of the molecule is CCCc1cc(Cc2ccc(Cc3ccc(Cc4ccc(Cc5ccc(N)cc5)cc4)cc3)cc2)ccc1Cc1ccc(N)cc1. The molecular formula is C44H44N2. The van der Waals surface area contributed by atoms with Crippen LogP contribution in [0.15, 0.2) is 140 Å². The molecule has 0 saturated heterocycles. The molecule has 0 amide bonds. The molecule has 0 unspecified atom stereocenters. The van der Waals surface area contributed by atoms with Crippen molar-refractivity contribution in [1.82, 2.24) is 0 Å². The zero-order chi connectivity index (χ0) is 31.7. The molecule has 2 heteroatoms. The van der Waals surface area contributed by atoms with E-state index in [-0.39, 0.29) is 0 Å². The normalized spacial score (nSPS) is 11.1. The van der Waals surface area contributed by atoms with Gasteiger partial charge in [0.1, 0.15) is 0 Å². The van der Waals surface area contributed by atoms with Gasteiger partial charge in [0.05, 0.1) is 0 Å². The second-order valence-corrected chi connectivity index (χ2v) is 12.7. The minimum Gasteiger partial charge on any atom is -0.399 e. The topological polar surface area (TPSA) is 52.0 Å². The number of hydrogen-bond donors (Lipinski definition) is 2. The quantitative estimate of drug-likeness (QED) is 0.137. The number of rotatable bonds is 12. The number of aryl methyl sites for hydroxylation is 1. The summed E-state index contributed by atoms with van der Waals surface area (Å²) in [6.07, 6.45) is 6.97. The van der Waals surface area contributed by atoms with Gasteiger partial charge in [0.2, 0.25) is 0 Å². The van der Waals surface area contributed by atoms with Crippen LogP contribution in [0, 0.1) is 0 Å². The van der Waals surface area contributed by atoms with Gasteiger partial charge in [0.15, 0.2) is 0 Å². The van der Waals surface area contributed by atoms with Crippen molar-refractivity contribution in [3.63, 3.8) is 0 Å². The Balaban J connectivity index is 1.02. The molecule has 0 aliphatic carbocycles. The maximum absolute atomic E-state index is 5.89. The Labute approximate surface area is 274 Å². The van der Waals surface area contributed by atoms with E-state index in [4.69, 9.17) is 11.5 Å². The van der Waals surface area contributed by atoms with Gasteiger partial charge in [-0.2, -0.15) is 0 Å². The van der Waals surface area contributed by atoms with Crippen LogP contribution in [0.4, 0.5) is 11.4 Å². The van der Waals surface area contributed by atoms with E-state index in [9.17, 15) is 0 Å². The van der Waals surface area contributed by atoms with E-state index in [0.29, 0.717) is 0 Å². The molecule has 0 aromatic heterocycles. The molecule has 2 nitrogen and oxygen atoms in total. The van der Waals surface area contributed by atoms with Crippen molar-refractivity contribution in [2.75, 3.05) is 11.5 Å². The lowest BCUT2D eigenvalue weighted by Gasteiger charge is -2.13. The molecule has 6 rings (SSSR count). The molecule has 6 aromatic carbocycles. The Morgan fingerprint density at radius 3 is 0.957 bits per heavy atom. The van der Waals surface area contributed by atoms with Crippen LogP contribution in [0.3, 0.4) is 0 Å². The molecule has 0 fully saturated rings. The minimum absolute atomic E-state index is 0.809. The van der Waals surface area contributed by atoms with Gasteiger partial charge in [-0.05, 0) is 124 Å². The highest BCUT2D eigenvalue weighted by Gasteiger charge is 2.07. The van der Waals surface area contributed by atoms with E-state index in [2.05, 4.69) is 122 Å². The van der Waals surface area contributed by atoms with Gasteiger partial charge in [-0.15, -0.1) is 0 Å². The zero-order valence-corrected chi connectivity index (χ0v) is 26.9. The number of nitrogens with two attached hydrogens (primary N) is 2. The monoisotopic (exact) mass is 600 g/mol. The molecule has 0 radical (unpaired) electrons. The molecule has 0 spiro atoms. The Morgan fingerprint density at radius 2 is 0.609 bits per heavy atom. The summed E-state index contributed by atoms with van der Waals surface area (Å²) in [7, 11) is 0. The lowest BCUT2D eigenvalue weighted by molar-refractivity contribution is 0.900. The van der Waals surface area contributed by atoms with Gasteiger partial charge < -0.3 is 11.5 Å². The van der Waals surface area contributed by atoms with Gasteiger partial charge >= 0.3 is 0 Å². The molecular weight excluding hydrogens is 556 g/mol. The Morgan fingerprint density at radius 1 is 0.326 bits per heavy atom. The summed E-state index contributed by atoms with van der Waals surface area (Å²) >= 11 is 0. The number of anilines is 2. The van der Waals surface area contributed by atoms with Crippen molar-refractivity contribution in [3.05, 3.63) is 201 Å². The van der Waals surface area contributed by atoms with Crippen molar-refractivity contribution in [2.24, 2.45) is 0 Å². The second-order valence-electron chi connectivity index (χ2n) is 12.7. The number of benzene rings is 6. The summed E-state index contributed by atoms with van der Waals surface area (Å²) in [4.78, 5) is 0. The summed E-state index contributed by atoms with van der Waals surface area (Å²) in [6, 6.07) is 50.7. The van der Waals surface area contributed by atoms with E-state index in [1.165, 1.54) is 61.2 Å². The Kier molecular flexibility index (Phi) is 9.95. The third-order valence-electron chi connectivity index (χ3n) is 8.85. The largest absolute Gasteiger partial charge is 0.399 e. The van der Waals surface area contributed by atoms with Crippen LogP contribution >= 0.6 is 0 Å². The lowest BCUT2D eigenvalue weighted by Crippen LogP contribution is -1.99. The fourth-order valence-electron chi connectivity index (χ4n) is 6.22. The highest BCUT2D eigenvalue weighted by Crippen LogP contribution is 2.22. The molecule has 0 aliphatic heterocycles. The second kappa shape index (κ2) is 14.8. The van der Waals surface area contributed by atoms with E-state index in [1.807, 2.05) is 24.3 Å². The molecule has 0 heterocycles. The van der Waals surface area contributed by atoms with Crippen LogP contribution in [-0.4, -0.2) is 0 Å².